The fourth-order valence-electron chi connectivity index (χ4n) is 2.21. The highest BCUT2D eigenvalue weighted by molar-refractivity contribution is 9.10. The lowest BCUT2D eigenvalue weighted by Crippen LogP contribution is -2.33. The zero-order valence-corrected chi connectivity index (χ0v) is 11.7. The van der Waals surface area contributed by atoms with Crippen molar-refractivity contribution in [3.8, 4) is 0 Å². The van der Waals surface area contributed by atoms with Crippen molar-refractivity contribution in [1.82, 2.24) is 9.80 Å². The first-order chi connectivity index (χ1) is 9.06. The lowest BCUT2D eigenvalue weighted by Gasteiger charge is -2.16. The van der Waals surface area contributed by atoms with Crippen LogP contribution in [0.5, 0.6) is 0 Å². The van der Waals surface area contributed by atoms with Crippen LogP contribution >= 0.6 is 15.9 Å². The summed E-state index contributed by atoms with van der Waals surface area (Å²) >= 11 is 3.10. The van der Waals surface area contributed by atoms with Gasteiger partial charge in [0, 0.05) is 6.04 Å². The standard InChI is InChI=1S/C13H12BrFN2O2/c14-10-5-8(1-4-11(10)15)6-17-12(18)7-16(13(17)19)9-2-3-9/h1,4-5,9H,2-3,6-7H2. The normalized spacial score (nSPS) is 19.5. The molecule has 0 atom stereocenters. The Labute approximate surface area is 118 Å². The Morgan fingerprint density at radius 1 is 1.32 bits per heavy atom. The van der Waals surface area contributed by atoms with Crippen molar-refractivity contribution < 1.29 is 14.0 Å². The molecule has 4 nitrogen and oxygen atoms in total. The second kappa shape index (κ2) is 4.59. The average molecular weight is 327 g/mol. The van der Waals surface area contributed by atoms with Gasteiger partial charge in [-0.3, -0.25) is 9.69 Å². The van der Waals surface area contributed by atoms with Gasteiger partial charge in [0.2, 0.25) is 0 Å². The number of imide groups is 1. The molecule has 1 saturated carbocycles. The van der Waals surface area contributed by atoms with Crippen LogP contribution in [-0.2, 0) is 11.3 Å². The Morgan fingerprint density at radius 3 is 2.68 bits per heavy atom. The number of benzene rings is 1. The molecule has 0 aromatic heterocycles. The van der Waals surface area contributed by atoms with Crippen LogP contribution in [0, 0.1) is 5.82 Å². The molecule has 3 rings (SSSR count). The number of amides is 3. The highest BCUT2D eigenvalue weighted by Crippen LogP contribution is 2.31. The van der Waals surface area contributed by atoms with Crippen LogP contribution in [0.2, 0.25) is 0 Å². The summed E-state index contributed by atoms with van der Waals surface area (Å²) < 4.78 is 13.5. The topological polar surface area (TPSA) is 40.6 Å². The third kappa shape index (κ3) is 2.36. The molecule has 0 radical (unpaired) electrons. The van der Waals surface area contributed by atoms with E-state index in [9.17, 15) is 14.0 Å². The lowest BCUT2D eigenvalue weighted by molar-refractivity contribution is -0.125. The first kappa shape index (κ1) is 12.6. The molecule has 100 valence electrons. The van der Waals surface area contributed by atoms with E-state index in [0.29, 0.717) is 4.47 Å². The van der Waals surface area contributed by atoms with E-state index in [1.807, 2.05) is 0 Å². The van der Waals surface area contributed by atoms with Crippen molar-refractivity contribution in [1.29, 1.82) is 0 Å². The van der Waals surface area contributed by atoms with Gasteiger partial charge in [-0.2, -0.15) is 0 Å². The fourth-order valence-corrected chi connectivity index (χ4v) is 2.63. The van der Waals surface area contributed by atoms with Gasteiger partial charge in [0.05, 0.1) is 11.0 Å². The van der Waals surface area contributed by atoms with Crippen molar-refractivity contribution in [3.05, 3.63) is 34.1 Å². The molecule has 0 unspecified atom stereocenters. The summed E-state index contributed by atoms with van der Waals surface area (Å²) in [4.78, 5) is 26.8. The minimum Gasteiger partial charge on any atom is -0.312 e. The summed E-state index contributed by atoms with van der Waals surface area (Å²) in [5, 5.41) is 0. The zero-order chi connectivity index (χ0) is 13.6. The Hall–Kier alpha value is -1.43. The van der Waals surface area contributed by atoms with Gasteiger partial charge in [0.15, 0.2) is 0 Å². The van der Waals surface area contributed by atoms with E-state index in [2.05, 4.69) is 15.9 Å². The molecule has 1 aliphatic carbocycles. The van der Waals surface area contributed by atoms with Crippen molar-refractivity contribution in [2.75, 3.05) is 6.54 Å². The maximum atomic E-state index is 13.1. The molecule has 19 heavy (non-hydrogen) atoms. The molecule has 0 spiro atoms. The zero-order valence-electron chi connectivity index (χ0n) is 10.1. The molecular weight excluding hydrogens is 315 g/mol. The van der Waals surface area contributed by atoms with Gasteiger partial charge in [-0.05, 0) is 46.5 Å². The van der Waals surface area contributed by atoms with Crippen LogP contribution < -0.4 is 0 Å². The molecule has 6 heteroatoms. The highest BCUT2D eigenvalue weighted by atomic mass is 79.9. The Morgan fingerprint density at radius 2 is 2.05 bits per heavy atom. The minimum atomic E-state index is -0.359. The van der Waals surface area contributed by atoms with Gasteiger partial charge >= 0.3 is 6.03 Å². The molecule has 0 N–H and O–H groups in total. The average Bonchev–Trinajstić information content (AvgIpc) is 3.16. The largest absolute Gasteiger partial charge is 0.327 e. The van der Waals surface area contributed by atoms with Gasteiger partial charge in [-0.1, -0.05) is 6.07 Å². The molecule has 0 bridgehead atoms. The van der Waals surface area contributed by atoms with Crippen LogP contribution in [0.4, 0.5) is 9.18 Å². The molecular formula is C13H12BrFN2O2. The van der Waals surface area contributed by atoms with Crippen molar-refractivity contribution >= 4 is 27.9 Å². The van der Waals surface area contributed by atoms with E-state index in [-0.39, 0.29) is 36.9 Å². The molecule has 2 fully saturated rings. The summed E-state index contributed by atoms with van der Waals surface area (Å²) in [6, 6.07) is 4.51. The van der Waals surface area contributed by atoms with E-state index in [1.54, 1.807) is 17.0 Å². The third-order valence-corrected chi connectivity index (χ3v) is 4.00. The molecule has 1 aliphatic heterocycles. The van der Waals surface area contributed by atoms with Gasteiger partial charge in [-0.15, -0.1) is 0 Å². The van der Waals surface area contributed by atoms with E-state index < -0.39 is 0 Å². The van der Waals surface area contributed by atoms with E-state index in [1.165, 1.54) is 11.0 Å². The highest BCUT2D eigenvalue weighted by Gasteiger charge is 2.43. The summed E-state index contributed by atoms with van der Waals surface area (Å²) in [6.07, 6.45) is 1.96. The van der Waals surface area contributed by atoms with Crippen LogP contribution in [0.3, 0.4) is 0 Å². The smallest absolute Gasteiger partial charge is 0.312 e. The number of carbonyl (C=O) groups excluding carboxylic acids is 2. The van der Waals surface area contributed by atoms with Crippen LogP contribution in [0.25, 0.3) is 0 Å². The third-order valence-electron chi connectivity index (χ3n) is 3.40. The van der Waals surface area contributed by atoms with E-state index in [0.717, 1.165) is 18.4 Å². The monoisotopic (exact) mass is 326 g/mol. The number of carbonyl (C=O) groups is 2. The second-order valence-corrected chi connectivity index (χ2v) is 5.72. The van der Waals surface area contributed by atoms with Crippen molar-refractivity contribution in [2.24, 2.45) is 0 Å². The first-order valence-electron chi connectivity index (χ1n) is 6.11. The van der Waals surface area contributed by atoms with Gasteiger partial charge in [0.1, 0.15) is 12.4 Å². The molecule has 2 aliphatic rings. The predicted molar refractivity (Wildman–Crippen MR) is 69.8 cm³/mol. The molecule has 1 aromatic carbocycles. The van der Waals surface area contributed by atoms with Crippen molar-refractivity contribution in [3.63, 3.8) is 0 Å². The number of nitrogens with zero attached hydrogens (tertiary/aromatic N) is 2. The molecule has 1 aromatic rings. The summed E-state index contributed by atoms with van der Waals surface area (Å²) in [5.74, 6) is -0.542. The minimum absolute atomic E-state index is 0.172. The van der Waals surface area contributed by atoms with Crippen LogP contribution in [0.1, 0.15) is 18.4 Å². The number of halogens is 2. The molecule has 1 saturated heterocycles. The summed E-state index contributed by atoms with van der Waals surface area (Å²) in [6.45, 7) is 0.367. The maximum absolute atomic E-state index is 13.1. The Kier molecular flexibility index (Phi) is 3.05. The summed E-state index contributed by atoms with van der Waals surface area (Å²) in [7, 11) is 0. The quantitative estimate of drug-likeness (QED) is 0.801. The Bertz CT molecular complexity index is 560. The lowest BCUT2D eigenvalue weighted by atomic mass is 10.2. The Balaban J connectivity index is 1.76. The van der Waals surface area contributed by atoms with E-state index in [4.69, 9.17) is 0 Å². The number of hydrogen-bond acceptors (Lipinski definition) is 2. The second-order valence-electron chi connectivity index (χ2n) is 4.87. The van der Waals surface area contributed by atoms with Gasteiger partial charge < -0.3 is 4.90 Å². The maximum Gasteiger partial charge on any atom is 0.327 e. The number of urea groups is 1. The van der Waals surface area contributed by atoms with Gasteiger partial charge in [0.25, 0.3) is 5.91 Å². The molecule has 3 amide bonds. The van der Waals surface area contributed by atoms with Crippen LogP contribution in [-0.4, -0.2) is 34.3 Å². The summed E-state index contributed by atoms with van der Waals surface area (Å²) in [5.41, 5.74) is 0.729. The number of hydrogen-bond donors (Lipinski definition) is 0. The first-order valence-corrected chi connectivity index (χ1v) is 6.90. The van der Waals surface area contributed by atoms with E-state index >= 15 is 0 Å². The predicted octanol–water partition coefficient (Wildman–Crippen LogP) is 2.51. The van der Waals surface area contributed by atoms with Crippen LogP contribution in [0.15, 0.2) is 22.7 Å². The van der Waals surface area contributed by atoms with Crippen molar-refractivity contribution in [2.45, 2.75) is 25.4 Å². The van der Waals surface area contributed by atoms with Gasteiger partial charge in [-0.25, -0.2) is 9.18 Å². The fraction of sp³-hybridized carbons (Fsp3) is 0.385. The number of rotatable bonds is 3. The SMILES string of the molecule is O=C1CN(C2CC2)C(=O)N1Cc1ccc(F)c(Br)c1. The molecule has 1 heterocycles.